The molecule has 2 aliphatic rings. The maximum Gasteiger partial charge on any atom is 0.0257 e. The molecule has 1 heterocycles. The summed E-state index contributed by atoms with van der Waals surface area (Å²) in [5.74, 6) is 0. The second-order valence-corrected chi connectivity index (χ2v) is 7.11. The summed E-state index contributed by atoms with van der Waals surface area (Å²) in [4.78, 5) is 5.53. The predicted molar refractivity (Wildman–Crippen MR) is 74.3 cm³/mol. The molecule has 1 saturated heterocycles. The summed E-state index contributed by atoms with van der Waals surface area (Å²) in [5, 5.41) is 0. The van der Waals surface area contributed by atoms with Crippen LogP contribution in [0.2, 0.25) is 0 Å². The van der Waals surface area contributed by atoms with Gasteiger partial charge in [-0.3, -0.25) is 9.80 Å². The van der Waals surface area contributed by atoms with Crippen LogP contribution in [-0.2, 0) is 0 Å². The Morgan fingerprint density at radius 1 is 0.941 bits per heavy atom. The summed E-state index contributed by atoms with van der Waals surface area (Å²) in [5.41, 5.74) is 0.337. The van der Waals surface area contributed by atoms with Gasteiger partial charge < -0.3 is 0 Å². The molecule has 2 unspecified atom stereocenters. The molecule has 0 aromatic heterocycles. The lowest BCUT2D eigenvalue weighted by Crippen LogP contribution is -2.65. The Balaban J connectivity index is 2.16. The van der Waals surface area contributed by atoms with Gasteiger partial charge in [0.1, 0.15) is 0 Å². The molecule has 17 heavy (non-hydrogen) atoms. The fourth-order valence-electron chi connectivity index (χ4n) is 3.87. The molecular formula is C15H30N2. The lowest BCUT2D eigenvalue weighted by atomic mass is 9.83. The molecule has 100 valence electrons. The third-order valence-corrected chi connectivity index (χ3v) is 4.64. The van der Waals surface area contributed by atoms with Crippen LogP contribution in [-0.4, -0.2) is 46.6 Å². The smallest absolute Gasteiger partial charge is 0.0257 e. The third-order valence-electron chi connectivity index (χ3n) is 4.64. The molecule has 2 nitrogen and oxygen atoms in total. The van der Waals surface area contributed by atoms with Crippen molar-refractivity contribution in [3.05, 3.63) is 0 Å². The van der Waals surface area contributed by atoms with E-state index >= 15 is 0 Å². The van der Waals surface area contributed by atoms with Crippen molar-refractivity contribution in [2.24, 2.45) is 0 Å². The fraction of sp³-hybridized carbons (Fsp3) is 1.00. The van der Waals surface area contributed by atoms with Gasteiger partial charge in [-0.25, -0.2) is 0 Å². The van der Waals surface area contributed by atoms with Crippen LogP contribution in [0.15, 0.2) is 0 Å². The summed E-state index contributed by atoms with van der Waals surface area (Å²) in [7, 11) is 0. The molecule has 0 bridgehead atoms. The number of piperazine rings is 1. The first-order valence-electron chi connectivity index (χ1n) is 7.44. The van der Waals surface area contributed by atoms with E-state index in [9.17, 15) is 0 Å². The van der Waals surface area contributed by atoms with Crippen molar-refractivity contribution in [1.29, 1.82) is 0 Å². The molecule has 2 fully saturated rings. The highest BCUT2D eigenvalue weighted by Gasteiger charge is 2.42. The van der Waals surface area contributed by atoms with E-state index in [1.165, 1.54) is 38.8 Å². The SMILES string of the molecule is CC(C)N1CCN(C(C)(C)C)C2CCCCC21. The first kappa shape index (κ1) is 13.4. The molecule has 2 heteroatoms. The molecule has 0 amide bonds. The number of rotatable bonds is 1. The van der Waals surface area contributed by atoms with E-state index in [1.54, 1.807) is 0 Å². The fourth-order valence-corrected chi connectivity index (χ4v) is 3.87. The highest BCUT2D eigenvalue weighted by Crippen LogP contribution is 2.34. The maximum atomic E-state index is 2.77. The second-order valence-electron chi connectivity index (χ2n) is 7.11. The van der Waals surface area contributed by atoms with Crippen LogP contribution in [0.5, 0.6) is 0 Å². The van der Waals surface area contributed by atoms with Gasteiger partial charge in [-0.05, 0) is 47.5 Å². The van der Waals surface area contributed by atoms with Crippen LogP contribution in [0, 0.1) is 0 Å². The first-order valence-corrected chi connectivity index (χ1v) is 7.44. The highest BCUT2D eigenvalue weighted by molar-refractivity contribution is 4.98. The van der Waals surface area contributed by atoms with Gasteiger partial charge in [0, 0.05) is 36.8 Å². The van der Waals surface area contributed by atoms with Gasteiger partial charge in [0.25, 0.3) is 0 Å². The van der Waals surface area contributed by atoms with Crippen molar-refractivity contribution >= 4 is 0 Å². The van der Waals surface area contributed by atoms with Crippen LogP contribution >= 0.6 is 0 Å². The summed E-state index contributed by atoms with van der Waals surface area (Å²) in [6.45, 7) is 14.4. The minimum Gasteiger partial charge on any atom is -0.295 e. The number of fused-ring (bicyclic) bond motifs is 1. The quantitative estimate of drug-likeness (QED) is 0.692. The van der Waals surface area contributed by atoms with Crippen molar-refractivity contribution in [2.75, 3.05) is 13.1 Å². The van der Waals surface area contributed by atoms with Gasteiger partial charge >= 0.3 is 0 Å². The lowest BCUT2D eigenvalue weighted by Gasteiger charge is -2.55. The molecular weight excluding hydrogens is 208 g/mol. The monoisotopic (exact) mass is 238 g/mol. The van der Waals surface area contributed by atoms with Crippen LogP contribution in [0.25, 0.3) is 0 Å². The summed E-state index contributed by atoms with van der Waals surface area (Å²) >= 11 is 0. The third kappa shape index (κ3) is 2.68. The van der Waals surface area contributed by atoms with E-state index < -0.39 is 0 Å². The van der Waals surface area contributed by atoms with Crippen molar-refractivity contribution in [1.82, 2.24) is 9.80 Å². The van der Waals surface area contributed by atoms with Gasteiger partial charge in [-0.2, -0.15) is 0 Å². The zero-order valence-electron chi connectivity index (χ0n) is 12.4. The minimum absolute atomic E-state index is 0.337. The molecule has 1 saturated carbocycles. The van der Waals surface area contributed by atoms with E-state index in [0.717, 1.165) is 12.1 Å². The Kier molecular flexibility index (Phi) is 3.84. The summed E-state index contributed by atoms with van der Waals surface area (Å²) in [6.07, 6.45) is 5.68. The van der Waals surface area contributed by atoms with Crippen molar-refractivity contribution < 1.29 is 0 Å². The molecule has 0 aromatic carbocycles. The number of hydrogen-bond acceptors (Lipinski definition) is 2. The van der Waals surface area contributed by atoms with Gasteiger partial charge in [-0.15, -0.1) is 0 Å². The Bertz CT molecular complexity index is 254. The van der Waals surface area contributed by atoms with Gasteiger partial charge in [0.15, 0.2) is 0 Å². The number of hydrogen-bond donors (Lipinski definition) is 0. The Morgan fingerprint density at radius 2 is 1.53 bits per heavy atom. The first-order chi connectivity index (χ1) is 7.91. The molecule has 1 aliphatic carbocycles. The molecule has 0 N–H and O–H groups in total. The van der Waals surface area contributed by atoms with Crippen LogP contribution < -0.4 is 0 Å². The average Bonchev–Trinajstić information content (AvgIpc) is 2.26. The van der Waals surface area contributed by atoms with Gasteiger partial charge in [0.2, 0.25) is 0 Å². The van der Waals surface area contributed by atoms with Gasteiger partial charge in [-0.1, -0.05) is 12.8 Å². The topological polar surface area (TPSA) is 6.48 Å². The lowest BCUT2D eigenvalue weighted by molar-refractivity contribution is -0.0590. The van der Waals surface area contributed by atoms with E-state index in [4.69, 9.17) is 0 Å². The van der Waals surface area contributed by atoms with Crippen molar-refractivity contribution in [3.8, 4) is 0 Å². The van der Waals surface area contributed by atoms with E-state index in [2.05, 4.69) is 44.4 Å². The zero-order chi connectivity index (χ0) is 12.6. The van der Waals surface area contributed by atoms with Crippen molar-refractivity contribution in [3.63, 3.8) is 0 Å². The average molecular weight is 238 g/mol. The molecule has 0 radical (unpaired) electrons. The normalized spacial score (nSPS) is 32.8. The largest absolute Gasteiger partial charge is 0.295 e. The Morgan fingerprint density at radius 3 is 2.06 bits per heavy atom. The van der Waals surface area contributed by atoms with Gasteiger partial charge in [0.05, 0.1) is 0 Å². The van der Waals surface area contributed by atoms with Crippen LogP contribution in [0.1, 0.15) is 60.3 Å². The van der Waals surface area contributed by atoms with E-state index in [-0.39, 0.29) is 0 Å². The summed E-state index contributed by atoms with van der Waals surface area (Å²) in [6, 6.07) is 2.33. The standard InChI is InChI=1S/C15H30N2/c1-12(2)16-10-11-17(15(3,4)5)14-9-7-6-8-13(14)16/h12-14H,6-11H2,1-5H3. The molecule has 1 aliphatic heterocycles. The van der Waals surface area contributed by atoms with E-state index in [0.29, 0.717) is 11.6 Å². The Labute approximate surface area is 107 Å². The predicted octanol–water partition coefficient (Wildman–Crippen LogP) is 3.12. The second kappa shape index (κ2) is 4.89. The molecule has 2 atom stereocenters. The molecule has 2 rings (SSSR count). The Hall–Kier alpha value is -0.0800. The van der Waals surface area contributed by atoms with Crippen LogP contribution in [0.3, 0.4) is 0 Å². The molecule has 0 spiro atoms. The molecule has 0 aromatic rings. The zero-order valence-corrected chi connectivity index (χ0v) is 12.4. The van der Waals surface area contributed by atoms with E-state index in [1.807, 2.05) is 0 Å². The highest BCUT2D eigenvalue weighted by atomic mass is 15.3. The number of nitrogens with zero attached hydrogens (tertiary/aromatic N) is 2. The van der Waals surface area contributed by atoms with Crippen LogP contribution in [0.4, 0.5) is 0 Å². The summed E-state index contributed by atoms with van der Waals surface area (Å²) < 4.78 is 0. The maximum absolute atomic E-state index is 2.77. The van der Waals surface area contributed by atoms with Crippen molar-refractivity contribution in [2.45, 2.75) is 84.0 Å². The minimum atomic E-state index is 0.337.